The molecule has 0 N–H and O–H groups in total. The van der Waals surface area contributed by atoms with Crippen molar-refractivity contribution in [3.05, 3.63) is 95.1 Å². The summed E-state index contributed by atoms with van der Waals surface area (Å²) in [5.41, 5.74) is 3.31. The SMILES string of the molecule is COc1ccc(C#Cc2ccc(OC)c(OC(C)C)c2)c(Sc2cc(OC)ccc2C#Cc2ccc(OC)c(OC(C)C)c2)c1. The normalized spacial score (nSPS) is 10.4. The summed E-state index contributed by atoms with van der Waals surface area (Å²) in [5, 5.41) is 0. The van der Waals surface area contributed by atoms with Gasteiger partial charge in [0.15, 0.2) is 23.0 Å². The van der Waals surface area contributed by atoms with Crippen LogP contribution in [0, 0.1) is 23.7 Å². The first-order valence-corrected chi connectivity index (χ1v) is 15.3. The Hall–Kier alpha value is -4.85. The maximum absolute atomic E-state index is 5.94. The van der Waals surface area contributed by atoms with Gasteiger partial charge in [-0.25, -0.2) is 0 Å². The van der Waals surface area contributed by atoms with Crippen LogP contribution in [0.1, 0.15) is 49.9 Å². The number of hydrogen-bond acceptors (Lipinski definition) is 7. The van der Waals surface area contributed by atoms with Crippen molar-refractivity contribution in [2.75, 3.05) is 28.4 Å². The molecule has 0 aliphatic carbocycles. The van der Waals surface area contributed by atoms with Crippen LogP contribution in [0.2, 0.25) is 0 Å². The molecular weight excluding hydrogens is 584 g/mol. The first-order valence-electron chi connectivity index (χ1n) is 14.5. The van der Waals surface area contributed by atoms with Crippen LogP contribution in [0.5, 0.6) is 34.5 Å². The number of ether oxygens (including phenoxy) is 6. The van der Waals surface area contributed by atoms with E-state index in [0.29, 0.717) is 23.0 Å². The van der Waals surface area contributed by atoms with Gasteiger partial charge in [0.05, 0.1) is 40.6 Å². The zero-order chi connectivity index (χ0) is 32.3. The van der Waals surface area contributed by atoms with Gasteiger partial charge >= 0.3 is 0 Å². The van der Waals surface area contributed by atoms with E-state index in [1.165, 1.54) is 0 Å². The molecule has 0 aliphatic rings. The minimum Gasteiger partial charge on any atom is -0.497 e. The van der Waals surface area contributed by atoms with Gasteiger partial charge < -0.3 is 28.4 Å². The molecule has 0 heterocycles. The molecule has 0 amide bonds. The van der Waals surface area contributed by atoms with Crippen molar-refractivity contribution in [3.8, 4) is 58.2 Å². The molecule has 45 heavy (non-hydrogen) atoms. The Kier molecular flexibility index (Phi) is 11.6. The molecule has 4 aromatic rings. The summed E-state index contributed by atoms with van der Waals surface area (Å²) < 4.78 is 33.9. The van der Waals surface area contributed by atoms with Gasteiger partial charge in [-0.2, -0.15) is 0 Å². The monoisotopic (exact) mass is 622 g/mol. The van der Waals surface area contributed by atoms with E-state index in [9.17, 15) is 0 Å². The topological polar surface area (TPSA) is 55.4 Å². The third-order valence-electron chi connectivity index (χ3n) is 6.33. The van der Waals surface area contributed by atoms with Crippen molar-refractivity contribution in [3.63, 3.8) is 0 Å². The minimum atomic E-state index is 0.00648. The summed E-state index contributed by atoms with van der Waals surface area (Å²) in [4.78, 5) is 1.84. The van der Waals surface area contributed by atoms with Crippen LogP contribution < -0.4 is 28.4 Å². The number of methoxy groups -OCH3 is 4. The maximum atomic E-state index is 5.94. The van der Waals surface area contributed by atoms with Crippen molar-refractivity contribution in [2.24, 2.45) is 0 Å². The van der Waals surface area contributed by atoms with Crippen LogP contribution in [0.3, 0.4) is 0 Å². The van der Waals surface area contributed by atoms with Crippen LogP contribution in [0.25, 0.3) is 0 Å². The molecule has 6 nitrogen and oxygen atoms in total. The van der Waals surface area contributed by atoms with E-state index in [4.69, 9.17) is 28.4 Å². The molecule has 0 bridgehead atoms. The molecule has 7 heteroatoms. The van der Waals surface area contributed by atoms with E-state index in [2.05, 4.69) is 23.7 Å². The first kappa shape index (κ1) is 33.1. The highest BCUT2D eigenvalue weighted by molar-refractivity contribution is 7.99. The molecule has 0 fully saturated rings. The van der Waals surface area contributed by atoms with E-state index in [1.54, 1.807) is 40.2 Å². The van der Waals surface area contributed by atoms with Gasteiger partial charge in [0.2, 0.25) is 0 Å². The Morgan fingerprint density at radius 2 is 0.889 bits per heavy atom. The molecule has 0 saturated carbocycles. The van der Waals surface area contributed by atoms with Crippen LogP contribution in [-0.4, -0.2) is 40.6 Å². The predicted molar refractivity (Wildman–Crippen MR) is 180 cm³/mol. The minimum absolute atomic E-state index is 0.00648. The molecule has 0 radical (unpaired) electrons. The second kappa shape index (κ2) is 15.7. The Balaban J connectivity index is 1.72. The zero-order valence-corrected chi connectivity index (χ0v) is 27.8. The summed E-state index contributed by atoms with van der Waals surface area (Å²) in [5.74, 6) is 17.4. The number of benzene rings is 4. The fourth-order valence-electron chi connectivity index (χ4n) is 4.23. The second-order valence-electron chi connectivity index (χ2n) is 10.4. The van der Waals surface area contributed by atoms with E-state index >= 15 is 0 Å². The highest BCUT2D eigenvalue weighted by Gasteiger charge is 2.12. The summed E-state index contributed by atoms with van der Waals surface area (Å²) in [7, 11) is 6.55. The lowest BCUT2D eigenvalue weighted by molar-refractivity contribution is 0.230. The summed E-state index contributed by atoms with van der Waals surface area (Å²) >= 11 is 1.55. The third-order valence-corrected chi connectivity index (χ3v) is 7.45. The van der Waals surface area contributed by atoms with Crippen molar-refractivity contribution in [1.29, 1.82) is 0 Å². The molecule has 0 aromatic heterocycles. The van der Waals surface area contributed by atoms with Gasteiger partial charge in [-0.15, -0.1) is 0 Å². The largest absolute Gasteiger partial charge is 0.497 e. The van der Waals surface area contributed by atoms with Crippen molar-refractivity contribution in [2.45, 2.75) is 49.7 Å². The standard InChI is InChI=1S/C38H38O6S/c1-25(2)43-35-21-27(11-19-33(35)41-7)9-13-29-15-17-31(39-5)23-37(29)45-38-24-32(40-6)18-16-30(38)14-10-28-12-20-34(42-8)36(22-28)44-26(3)4/h11-12,15-26H,1-8H3. The molecule has 0 aliphatic heterocycles. The fourth-order valence-corrected chi connectivity index (χ4v) is 5.28. The lowest BCUT2D eigenvalue weighted by Gasteiger charge is -2.13. The predicted octanol–water partition coefficient (Wildman–Crippen LogP) is 8.25. The van der Waals surface area contributed by atoms with Crippen LogP contribution in [-0.2, 0) is 0 Å². The maximum Gasteiger partial charge on any atom is 0.162 e. The third kappa shape index (κ3) is 9.08. The lowest BCUT2D eigenvalue weighted by Crippen LogP contribution is -2.06. The quantitative estimate of drug-likeness (QED) is 0.165. The highest BCUT2D eigenvalue weighted by Crippen LogP contribution is 2.37. The Labute approximate surface area is 271 Å². The van der Waals surface area contributed by atoms with Crippen LogP contribution in [0.15, 0.2) is 82.6 Å². The summed E-state index contributed by atoms with van der Waals surface area (Å²) in [6.07, 6.45) is 0.0130. The molecule has 0 atom stereocenters. The zero-order valence-electron chi connectivity index (χ0n) is 26.9. The van der Waals surface area contributed by atoms with Gasteiger partial charge in [0, 0.05) is 32.0 Å². The van der Waals surface area contributed by atoms with Gasteiger partial charge in [-0.1, -0.05) is 35.4 Å². The second-order valence-corrected chi connectivity index (χ2v) is 11.5. The van der Waals surface area contributed by atoms with Crippen molar-refractivity contribution >= 4 is 11.8 Å². The van der Waals surface area contributed by atoms with Crippen LogP contribution in [0.4, 0.5) is 0 Å². The highest BCUT2D eigenvalue weighted by atomic mass is 32.2. The van der Waals surface area contributed by atoms with E-state index in [0.717, 1.165) is 43.5 Å². The molecule has 0 unspecified atom stereocenters. The molecule has 0 spiro atoms. The van der Waals surface area contributed by atoms with Gasteiger partial charge in [0.1, 0.15) is 11.5 Å². The van der Waals surface area contributed by atoms with Gasteiger partial charge in [0.25, 0.3) is 0 Å². The first-order chi connectivity index (χ1) is 21.7. The van der Waals surface area contributed by atoms with Gasteiger partial charge in [-0.05, 0) is 100 Å². The summed E-state index contributed by atoms with van der Waals surface area (Å²) in [6, 6.07) is 23.1. The number of rotatable bonds is 10. The van der Waals surface area contributed by atoms with E-state index in [-0.39, 0.29) is 12.2 Å². The summed E-state index contributed by atoms with van der Waals surface area (Å²) in [6.45, 7) is 7.91. The van der Waals surface area contributed by atoms with E-state index in [1.807, 2.05) is 100 Å². The van der Waals surface area contributed by atoms with Crippen molar-refractivity contribution in [1.82, 2.24) is 0 Å². The Morgan fingerprint density at radius 1 is 0.467 bits per heavy atom. The van der Waals surface area contributed by atoms with E-state index < -0.39 is 0 Å². The average Bonchev–Trinajstić information content (AvgIpc) is 3.03. The Bertz CT molecular complexity index is 1620. The van der Waals surface area contributed by atoms with Gasteiger partial charge in [-0.3, -0.25) is 0 Å². The fraction of sp³-hybridized carbons (Fsp3) is 0.263. The number of hydrogen-bond donors (Lipinski definition) is 0. The van der Waals surface area contributed by atoms with Crippen LogP contribution >= 0.6 is 11.8 Å². The molecule has 4 rings (SSSR count). The smallest absolute Gasteiger partial charge is 0.162 e. The van der Waals surface area contributed by atoms with Crippen molar-refractivity contribution < 1.29 is 28.4 Å². The lowest BCUT2D eigenvalue weighted by atomic mass is 10.1. The molecule has 4 aromatic carbocycles. The molecule has 232 valence electrons. The molecular formula is C38H38O6S. The Morgan fingerprint density at radius 3 is 1.24 bits per heavy atom. The average molecular weight is 623 g/mol. The molecule has 0 saturated heterocycles.